The summed E-state index contributed by atoms with van der Waals surface area (Å²) in [6, 6.07) is 9.87. The van der Waals surface area contributed by atoms with Gasteiger partial charge in [-0.3, -0.25) is 9.59 Å². The summed E-state index contributed by atoms with van der Waals surface area (Å²) in [7, 11) is 0. The van der Waals surface area contributed by atoms with Gasteiger partial charge in [0.15, 0.2) is 0 Å². The Balaban J connectivity index is 1.83. The number of aryl methyl sites for hydroxylation is 1. The van der Waals surface area contributed by atoms with Gasteiger partial charge in [0.05, 0.1) is 5.54 Å². The highest BCUT2D eigenvalue weighted by molar-refractivity contribution is 9.10. The molecule has 1 aliphatic carbocycles. The zero-order chi connectivity index (χ0) is 17.5. The molecule has 0 saturated heterocycles. The first kappa shape index (κ1) is 16.8. The third-order valence-corrected chi connectivity index (χ3v) is 5.05. The summed E-state index contributed by atoms with van der Waals surface area (Å²) < 4.78 is 2.39. The van der Waals surface area contributed by atoms with Crippen LogP contribution in [0.2, 0.25) is 0 Å². The number of amides is 1. The maximum Gasteiger partial charge on any atom is 0.255 e. The van der Waals surface area contributed by atoms with Crippen LogP contribution < -0.4 is 10.9 Å². The van der Waals surface area contributed by atoms with Gasteiger partial charge < -0.3 is 15.0 Å². The summed E-state index contributed by atoms with van der Waals surface area (Å²) in [5, 5.41) is 12.6. The number of pyridine rings is 1. The van der Waals surface area contributed by atoms with Crippen molar-refractivity contribution in [3.63, 3.8) is 0 Å². The lowest BCUT2D eigenvalue weighted by Gasteiger charge is -2.23. The largest absolute Gasteiger partial charge is 0.508 e. The van der Waals surface area contributed by atoms with Crippen LogP contribution in [-0.2, 0) is 10.3 Å². The van der Waals surface area contributed by atoms with Crippen LogP contribution in [-0.4, -0.2) is 15.6 Å². The van der Waals surface area contributed by atoms with E-state index in [1.54, 1.807) is 13.8 Å². The monoisotopic (exact) mass is 390 g/mol. The van der Waals surface area contributed by atoms with Crippen LogP contribution in [0, 0.1) is 6.92 Å². The molecule has 2 aromatic rings. The molecule has 1 amide bonds. The fraction of sp³-hybridized carbons (Fsp3) is 0.333. The molecule has 0 spiro atoms. The van der Waals surface area contributed by atoms with Gasteiger partial charge in [-0.15, -0.1) is 0 Å². The number of rotatable bonds is 4. The first-order valence-electron chi connectivity index (χ1n) is 7.83. The number of hydrogen-bond acceptors (Lipinski definition) is 3. The molecule has 24 heavy (non-hydrogen) atoms. The molecule has 1 fully saturated rings. The van der Waals surface area contributed by atoms with E-state index in [4.69, 9.17) is 0 Å². The van der Waals surface area contributed by atoms with Gasteiger partial charge in [-0.2, -0.15) is 0 Å². The minimum Gasteiger partial charge on any atom is -0.508 e. The first-order chi connectivity index (χ1) is 11.3. The van der Waals surface area contributed by atoms with Gasteiger partial charge in [0.2, 0.25) is 5.91 Å². The zero-order valence-corrected chi connectivity index (χ0v) is 15.1. The Morgan fingerprint density at radius 1 is 1.29 bits per heavy atom. The van der Waals surface area contributed by atoms with E-state index in [0.717, 1.165) is 28.9 Å². The number of aromatic nitrogens is 1. The predicted molar refractivity (Wildman–Crippen MR) is 95.0 cm³/mol. The standard InChI is InChI=1S/C18H19BrN2O3/c1-11-9-15(22)10-16(23)21(11)12(2)17(24)20-18(7-8-18)13-3-5-14(19)6-4-13/h3-6,9-10,12,22H,7-8H2,1-2H3,(H,20,24). The third-order valence-electron chi connectivity index (χ3n) is 4.52. The van der Waals surface area contributed by atoms with Crippen molar-refractivity contribution in [2.75, 3.05) is 0 Å². The molecule has 1 saturated carbocycles. The van der Waals surface area contributed by atoms with Crippen LogP contribution in [0.15, 0.2) is 45.7 Å². The molecule has 1 heterocycles. The van der Waals surface area contributed by atoms with Crippen LogP contribution in [0.3, 0.4) is 0 Å². The van der Waals surface area contributed by atoms with E-state index in [-0.39, 0.29) is 22.8 Å². The number of carbonyl (C=O) groups is 1. The molecule has 3 rings (SSSR count). The maximum absolute atomic E-state index is 12.7. The Labute approximate surface area is 148 Å². The molecule has 5 nitrogen and oxygen atoms in total. The van der Waals surface area contributed by atoms with Gasteiger partial charge in [0.1, 0.15) is 11.8 Å². The molecule has 6 heteroatoms. The highest BCUT2D eigenvalue weighted by Gasteiger charge is 2.46. The number of carbonyl (C=O) groups excluding carboxylic acids is 1. The van der Waals surface area contributed by atoms with Crippen molar-refractivity contribution in [1.29, 1.82) is 0 Å². The maximum atomic E-state index is 12.7. The molecule has 1 unspecified atom stereocenters. The lowest BCUT2D eigenvalue weighted by atomic mass is 10.0. The molecule has 1 atom stereocenters. The van der Waals surface area contributed by atoms with Crippen LogP contribution >= 0.6 is 15.9 Å². The number of hydrogen-bond donors (Lipinski definition) is 2. The van der Waals surface area contributed by atoms with Crippen LogP contribution in [0.4, 0.5) is 0 Å². The van der Waals surface area contributed by atoms with E-state index in [1.807, 2.05) is 24.3 Å². The summed E-state index contributed by atoms with van der Waals surface area (Å²) in [5.74, 6) is -0.291. The third kappa shape index (κ3) is 3.11. The molecule has 1 aromatic heterocycles. The van der Waals surface area contributed by atoms with Crippen molar-refractivity contribution in [3.8, 4) is 5.75 Å². The molecular weight excluding hydrogens is 372 g/mol. The first-order valence-corrected chi connectivity index (χ1v) is 8.62. The summed E-state index contributed by atoms with van der Waals surface area (Å²) in [5.41, 5.74) is 0.904. The van der Waals surface area contributed by atoms with Gasteiger partial charge in [-0.25, -0.2) is 0 Å². The Kier molecular flexibility index (Phi) is 4.25. The second-order valence-electron chi connectivity index (χ2n) is 6.32. The SMILES string of the molecule is Cc1cc(O)cc(=O)n1C(C)C(=O)NC1(c2ccc(Br)cc2)CC1. The van der Waals surface area contributed by atoms with E-state index < -0.39 is 6.04 Å². The number of aromatic hydroxyl groups is 1. The summed E-state index contributed by atoms with van der Waals surface area (Å²) in [4.78, 5) is 24.8. The van der Waals surface area contributed by atoms with Gasteiger partial charge in [0, 0.05) is 16.2 Å². The average Bonchev–Trinajstić information content (AvgIpc) is 3.27. The molecule has 0 radical (unpaired) electrons. The van der Waals surface area contributed by atoms with E-state index in [1.165, 1.54) is 10.6 Å². The number of nitrogens with one attached hydrogen (secondary N) is 1. The van der Waals surface area contributed by atoms with Crippen molar-refractivity contribution >= 4 is 21.8 Å². The second kappa shape index (κ2) is 6.09. The van der Waals surface area contributed by atoms with E-state index in [2.05, 4.69) is 21.2 Å². The van der Waals surface area contributed by atoms with Crippen LogP contribution in [0.5, 0.6) is 5.75 Å². The Hall–Kier alpha value is -2.08. The predicted octanol–water partition coefficient (Wildman–Crippen LogP) is 2.99. The Bertz CT molecular complexity index is 838. The van der Waals surface area contributed by atoms with E-state index in [0.29, 0.717) is 5.69 Å². The molecule has 1 aliphatic rings. The molecule has 0 aliphatic heterocycles. The highest BCUT2D eigenvalue weighted by Crippen LogP contribution is 2.46. The smallest absolute Gasteiger partial charge is 0.255 e. The zero-order valence-electron chi connectivity index (χ0n) is 13.5. The molecule has 0 bridgehead atoms. The van der Waals surface area contributed by atoms with Crippen molar-refractivity contribution in [1.82, 2.24) is 9.88 Å². The molecule has 126 valence electrons. The molecule has 1 aromatic carbocycles. The van der Waals surface area contributed by atoms with Gasteiger partial charge in [0.25, 0.3) is 5.56 Å². The van der Waals surface area contributed by atoms with E-state index >= 15 is 0 Å². The Morgan fingerprint density at radius 2 is 1.92 bits per heavy atom. The van der Waals surface area contributed by atoms with Gasteiger partial charge in [-0.05, 0) is 50.5 Å². The quantitative estimate of drug-likeness (QED) is 0.842. The van der Waals surface area contributed by atoms with Crippen molar-refractivity contribution in [3.05, 3.63) is 62.5 Å². The molecular formula is C18H19BrN2O3. The van der Waals surface area contributed by atoms with E-state index in [9.17, 15) is 14.7 Å². The van der Waals surface area contributed by atoms with Crippen molar-refractivity contribution < 1.29 is 9.90 Å². The molecule has 2 N–H and O–H groups in total. The summed E-state index contributed by atoms with van der Waals surface area (Å²) in [6.07, 6.45) is 1.77. The van der Waals surface area contributed by atoms with Crippen LogP contribution in [0.1, 0.15) is 37.1 Å². The van der Waals surface area contributed by atoms with Crippen molar-refractivity contribution in [2.45, 2.75) is 38.3 Å². The lowest BCUT2D eigenvalue weighted by Crippen LogP contribution is -2.41. The Morgan fingerprint density at radius 3 is 2.46 bits per heavy atom. The fourth-order valence-electron chi connectivity index (χ4n) is 3.03. The van der Waals surface area contributed by atoms with Crippen molar-refractivity contribution in [2.24, 2.45) is 0 Å². The minimum absolute atomic E-state index is 0.0881. The van der Waals surface area contributed by atoms with Gasteiger partial charge in [-0.1, -0.05) is 28.1 Å². The number of nitrogens with zero attached hydrogens (tertiary/aromatic N) is 1. The number of halogens is 1. The minimum atomic E-state index is -0.647. The summed E-state index contributed by atoms with van der Waals surface area (Å²) in [6.45, 7) is 3.39. The topological polar surface area (TPSA) is 71.3 Å². The van der Waals surface area contributed by atoms with Crippen LogP contribution in [0.25, 0.3) is 0 Å². The average molecular weight is 391 g/mol. The lowest BCUT2D eigenvalue weighted by molar-refractivity contribution is -0.125. The second-order valence-corrected chi connectivity index (χ2v) is 7.23. The fourth-order valence-corrected chi connectivity index (χ4v) is 3.29. The highest BCUT2D eigenvalue weighted by atomic mass is 79.9. The number of benzene rings is 1. The normalized spacial score (nSPS) is 16.5. The van der Waals surface area contributed by atoms with Gasteiger partial charge >= 0.3 is 0 Å². The summed E-state index contributed by atoms with van der Waals surface area (Å²) >= 11 is 3.41.